The number of hydrogen-bond donors (Lipinski definition) is 3. The highest BCUT2D eigenvalue weighted by atomic mass is 19.1. The van der Waals surface area contributed by atoms with Crippen LogP contribution in [0.25, 0.3) is 32.7 Å². The van der Waals surface area contributed by atoms with E-state index in [9.17, 15) is 33.5 Å². The number of methoxy groups -OCH3 is 3. The van der Waals surface area contributed by atoms with E-state index in [-0.39, 0.29) is 41.7 Å². The molecule has 13 rings (SSSR count). The summed E-state index contributed by atoms with van der Waals surface area (Å²) in [6, 6.07) is 24.2. The number of ether oxygens (including phenoxy) is 6. The number of rotatable bonds is 30. The molecule has 5 aliphatic heterocycles. The van der Waals surface area contributed by atoms with Gasteiger partial charge in [-0.25, -0.2) is 24.1 Å². The summed E-state index contributed by atoms with van der Waals surface area (Å²) in [6.07, 6.45) is 8.12. The van der Waals surface area contributed by atoms with Crippen molar-refractivity contribution in [2.24, 2.45) is 0 Å². The molecule has 31 nitrogen and oxygen atoms in total. The molecule has 8 aromatic rings. The number of anilines is 6. The standard InChI is InChI=1S/C36H49N7O6.C30H39FN6O3.C20H29N5O4/c1-40(2)36-38-29-24-31(49-22-8-17-41-15-6-7-16-41)30(48-3)23-28(29)34(39-36)42-18-20-43(21-19-42)35(47)27-13-11-26(12-14-27)25-37-32(44)9-4-5-10-33(45)46;1-34(2)30-32-25-20-28(40-18-6-13-35-11-4-5-12-35)27(39-3)19-24(25)29(33-30)37-16-14-36(15-17-37)21-26(38)22-7-9-23(31)10-8-22;1-20(2,3)29-19(27)25-9-7-24(8-10-25)17-13-11-16(28-6)15(26)12-14(13)21-18(22-17)23(4)5/h11-14,23-24H,4-10,15-22,25H2,1-3H3,(H,37,44)(H,45,46);7-10,19-20H,4-6,11-18,21H2,1-3H3;11-12,26H,7-10H2,1-6H3. The Morgan fingerprint density at radius 1 is 0.475 bits per heavy atom. The zero-order valence-corrected chi connectivity index (χ0v) is 70.6. The molecule has 0 unspecified atom stereocenters. The van der Waals surface area contributed by atoms with Crippen molar-refractivity contribution in [3.05, 3.63) is 107 Å². The number of piperazine rings is 3. The summed E-state index contributed by atoms with van der Waals surface area (Å²) >= 11 is 0. The highest BCUT2D eigenvalue weighted by Crippen LogP contribution is 2.40. The van der Waals surface area contributed by atoms with Crippen molar-refractivity contribution in [1.29, 1.82) is 0 Å². The van der Waals surface area contributed by atoms with Crippen LogP contribution in [-0.4, -0.2) is 301 Å². The van der Waals surface area contributed by atoms with Crippen molar-refractivity contribution in [3.63, 3.8) is 0 Å². The van der Waals surface area contributed by atoms with Crippen LogP contribution in [0.3, 0.4) is 0 Å². The number of amides is 3. The Balaban J connectivity index is 0.000000179. The molecule has 118 heavy (non-hydrogen) atoms. The fourth-order valence-electron chi connectivity index (χ4n) is 14.7. The number of ketones is 1. The largest absolute Gasteiger partial charge is 0.504 e. The molecule has 0 radical (unpaired) electrons. The molecule has 0 bridgehead atoms. The van der Waals surface area contributed by atoms with Crippen LogP contribution < -0.4 is 58.4 Å². The first-order valence-corrected chi connectivity index (χ1v) is 40.9. The molecular formula is C86H117FN18O13. The topological polar surface area (TPSA) is 306 Å². The number of Topliss-reactive ketones (excluding diaryl/α,β-unsaturated/α-hetero) is 1. The van der Waals surface area contributed by atoms with Crippen molar-refractivity contribution < 1.29 is 67.0 Å². The predicted molar refractivity (Wildman–Crippen MR) is 456 cm³/mol. The maximum Gasteiger partial charge on any atom is 0.410 e. The van der Waals surface area contributed by atoms with E-state index in [1.807, 2.05) is 119 Å². The SMILES string of the molecule is COc1cc2c(N3CCN(C(=O)OC(C)(C)C)CC3)nc(N(C)C)nc2cc1O.COc1cc2c(N3CCN(C(=O)c4ccc(CNC(=O)CCCCC(=O)O)cc4)CC3)nc(N(C)C)nc2cc1OCCCN1CCCC1.COc1cc2c(N3CCN(CC(=O)c4ccc(F)cc4)CC3)nc(N(C)C)nc2cc1OCCCN1CCCC1. The minimum absolute atomic E-state index is 0.00599. The third kappa shape index (κ3) is 23.8. The van der Waals surface area contributed by atoms with Gasteiger partial charge in [0.15, 0.2) is 40.3 Å². The summed E-state index contributed by atoms with van der Waals surface area (Å²) in [7, 11) is 16.3. The van der Waals surface area contributed by atoms with Crippen molar-refractivity contribution in [2.45, 2.75) is 97.1 Å². The quantitative estimate of drug-likeness (QED) is 0.0278. The number of phenols is 1. The van der Waals surface area contributed by atoms with Crippen LogP contribution >= 0.6 is 0 Å². The number of aliphatic carboxylic acids is 1. The number of phenolic OH excluding ortho intramolecular Hbond substituents is 1. The van der Waals surface area contributed by atoms with Crippen molar-refractivity contribution in [2.75, 3.05) is 231 Å². The molecule has 3 amide bonds. The maximum atomic E-state index is 13.4. The number of likely N-dealkylation sites (tertiary alicyclic amines) is 2. The van der Waals surface area contributed by atoms with E-state index >= 15 is 0 Å². The molecule has 636 valence electrons. The number of hydrogen-bond acceptors (Lipinski definition) is 27. The van der Waals surface area contributed by atoms with Crippen molar-refractivity contribution in [3.8, 4) is 34.5 Å². The van der Waals surface area contributed by atoms with E-state index in [1.165, 1.54) is 71.1 Å². The van der Waals surface area contributed by atoms with E-state index in [0.717, 1.165) is 76.1 Å². The van der Waals surface area contributed by atoms with Gasteiger partial charge in [-0.15, -0.1) is 0 Å². The molecule has 3 N–H and O–H groups in total. The zero-order valence-electron chi connectivity index (χ0n) is 70.6. The number of carbonyl (C=O) groups is 5. The van der Waals surface area contributed by atoms with Gasteiger partial charge in [-0.1, -0.05) is 12.1 Å². The van der Waals surface area contributed by atoms with Gasteiger partial charge in [0.05, 0.1) is 57.6 Å². The third-order valence-corrected chi connectivity index (χ3v) is 21.3. The van der Waals surface area contributed by atoms with Crippen LogP contribution in [0, 0.1) is 5.82 Å². The van der Waals surface area contributed by atoms with Crippen LogP contribution in [0.15, 0.2) is 84.9 Å². The second-order valence-corrected chi connectivity index (χ2v) is 31.8. The Labute approximate surface area is 690 Å². The van der Waals surface area contributed by atoms with Crippen LogP contribution in [0.1, 0.15) is 111 Å². The van der Waals surface area contributed by atoms with Gasteiger partial charge in [-0.3, -0.25) is 24.1 Å². The number of fused-ring (bicyclic) bond motifs is 3. The van der Waals surface area contributed by atoms with E-state index < -0.39 is 11.6 Å². The number of carboxylic acid groups (broad SMARTS) is 1. The number of aromatic nitrogens is 6. The molecule has 8 heterocycles. The minimum atomic E-state index is -0.853. The summed E-state index contributed by atoms with van der Waals surface area (Å²) in [5.74, 6) is 5.88. The summed E-state index contributed by atoms with van der Waals surface area (Å²) in [4.78, 5) is 113. The Bertz CT molecular complexity index is 4710. The normalized spacial score (nSPS) is 15.4. The van der Waals surface area contributed by atoms with Gasteiger partial charge in [0.2, 0.25) is 23.8 Å². The summed E-state index contributed by atoms with van der Waals surface area (Å²) in [6.45, 7) is 21.7. The molecular weight excluding hydrogens is 1510 g/mol. The number of nitrogens with zero attached hydrogens (tertiary/aromatic N) is 17. The summed E-state index contributed by atoms with van der Waals surface area (Å²) in [5, 5.41) is 24.3. The van der Waals surface area contributed by atoms with E-state index in [2.05, 4.69) is 39.7 Å². The van der Waals surface area contributed by atoms with Crippen molar-refractivity contribution >= 4 is 97.7 Å². The number of halogens is 1. The van der Waals surface area contributed by atoms with Crippen LogP contribution in [0.4, 0.5) is 44.5 Å². The molecule has 32 heteroatoms. The molecule has 0 atom stereocenters. The monoisotopic (exact) mass is 1630 g/mol. The highest BCUT2D eigenvalue weighted by molar-refractivity contribution is 5.99. The molecule has 0 aliphatic carbocycles. The van der Waals surface area contributed by atoms with Gasteiger partial charge < -0.3 is 93.0 Å². The van der Waals surface area contributed by atoms with Crippen LogP contribution in [0.5, 0.6) is 34.5 Å². The number of benzene rings is 5. The predicted octanol–water partition coefficient (Wildman–Crippen LogP) is 9.97. The average molecular weight is 1630 g/mol. The number of nitrogens with one attached hydrogen (secondary N) is 1. The molecule has 5 fully saturated rings. The second kappa shape index (κ2) is 41.3. The van der Waals surface area contributed by atoms with Crippen LogP contribution in [0.2, 0.25) is 0 Å². The number of unbranched alkanes of at least 4 members (excludes halogenated alkanes) is 1. The number of carbonyl (C=O) groups excluding carboxylic acids is 4. The van der Waals surface area contributed by atoms with E-state index in [1.54, 1.807) is 55.5 Å². The minimum Gasteiger partial charge on any atom is -0.504 e. The second-order valence-electron chi connectivity index (χ2n) is 31.8. The van der Waals surface area contributed by atoms with Gasteiger partial charge in [0, 0.05) is 199 Å². The lowest BCUT2D eigenvalue weighted by Crippen LogP contribution is -2.50. The van der Waals surface area contributed by atoms with Gasteiger partial charge in [0.25, 0.3) is 5.91 Å². The lowest BCUT2D eigenvalue weighted by molar-refractivity contribution is -0.137. The molecule has 5 aliphatic rings. The van der Waals surface area contributed by atoms with Gasteiger partial charge in [-0.2, -0.15) is 15.0 Å². The molecule has 0 saturated carbocycles. The Morgan fingerprint density at radius 3 is 1.32 bits per heavy atom. The van der Waals surface area contributed by atoms with E-state index in [4.69, 9.17) is 58.4 Å². The summed E-state index contributed by atoms with van der Waals surface area (Å²) in [5.41, 5.74) is 3.70. The lowest BCUT2D eigenvalue weighted by Gasteiger charge is -2.36. The van der Waals surface area contributed by atoms with Crippen LogP contribution in [-0.2, 0) is 20.9 Å². The molecule has 3 aromatic heterocycles. The molecule has 5 saturated heterocycles. The van der Waals surface area contributed by atoms with Gasteiger partial charge in [0.1, 0.15) is 28.9 Å². The summed E-state index contributed by atoms with van der Waals surface area (Å²) < 4.78 is 47.8. The first-order valence-electron chi connectivity index (χ1n) is 40.9. The maximum absolute atomic E-state index is 13.4. The Morgan fingerprint density at radius 2 is 0.890 bits per heavy atom. The van der Waals surface area contributed by atoms with E-state index in [0.29, 0.717) is 187 Å². The number of carboxylic acids is 1. The zero-order chi connectivity index (χ0) is 84.2. The Kier molecular flexibility index (Phi) is 30.7. The van der Waals surface area contributed by atoms with Gasteiger partial charge in [-0.05, 0) is 158 Å². The Hall–Kier alpha value is -11.1. The first kappa shape index (κ1) is 87.7. The fraction of sp³-hybridized carbons (Fsp3) is 0.523. The van der Waals surface area contributed by atoms with Crippen molar-refractivity contribution in [1.82, 2.24) is 59.7 Å². The number of aromatic hydroxyl groups is 1. The lowest BCUT2D eigenvalue weighted by atomic mass is 10.1. The average Bonchev–Trinajstić information content (AvgIpc) is 0.815. The third-order valence-electron chi connectivity index (χ3n) is 21.3. The highest BCUT2D eigenvalue weighted by Gasteiger charge is 2.31. The first-order chi connectivity index (χ1) is 56.7. The fourth-order valence-corrected chi connectivity index (χ4v) is 14.7. The molecule has 0 spiro atoms. The smallest absolute Gasteiger partial charge is 0.410 e. The molecule has 5 aromatic carbocycles. The van der Waals surface area contributed by atoms with Gasteiger partial charge >= 0.3 is 12.1 Å².